The fourth-order valence-electron chi connectivity index (χ4n) is 2.46. The number of nitrogens with zero attached hydrogens (tertiary/aromatic N) is 1. The molecule has 0 radical (unpaired) electrons. The molecule has 2 rings (SSSR count). The highest BCUT2D eigenvalue weighted by molar-refractivity contribution is 5.96. The van der Waals surface area contributed by atoms with Crippen molar-refractivity contribution in [3.05, 3.63) is 54.1 Å². The number of rotatable bonds is 6. The fourth-order valence-corrected chi connectivity index (χ4v) is 2.46. The lowest BCUT2D eigenvalue weighted by Crippen LogP contribution is -2.32. The molecule has 8 heteroatoms. The number of carbonyl (C=O) groups excluding carboxylic acids is 3. The molecule has 27 heavy (non-hydrogen) atoms. The summed E-state index contributed by atoms with van der Waals surface area (Å²) in [6, 6.07) is 9.84. The van der Waals surface area contributed by atoms with Crippen LogP contribution in [0.3, 0.4) is 0 Å². The Morgan fingerprint density at radius 1 is 0.963 bits per heavy atom. The molecule has 2 aromatic rings. The zero-order chi connectivity index (χ0) is 20.0. The lowest BCUT2D eigenvalue weighted by Gasteiger charge is -2.21. The first-order chi connectivity index (χ1) is 12.8. The van der Waals surface area contributed by atoms with Crippen LogP contribution >= 0.6 is 0 Å². The minimum atomic E-state index is -0.880. The molecule has 6 nitrogen and oxygen atoms in total. The van der Waals surface area contributed by atoms with Gasteiger partial charge in [-0.1, -0.05) is 12.1 Å². The van der Waals surface area contributed by atoms with Crippen LogP contribution in [-0.4, -0.2) is 24.3 Å². The molecule has 0 spiro atoms. The van der Waals surface area contributed by atoms with E-state index in [0.717, 1.165) is 12.1 Å². The van der Waals surface area contributed by atoms with Crippen molar-refractivity contribution in [1.82, 2.24) is 0 Å². The summed E-state index contributed by atoms with van der Waals surface area (Å²) < 4.78 is 27.2. The molecule has 0 aliphatic rings. The Hall–Kier alpha value is -3.29. The van der Waals surface area contributed by atoms with Crippen LogP contribution in [0.5, 0.6) is 0 Å². The quantitative estimate of drug-likeness (QED) is 0.813. The van der Waals surface area contributed by atoms with Crippen molar-refractivity contribution in [2.24, 2.45) is 0 Å². The van der Waals surface area contributed by atoms with Gasteiger partial charge in [-0.05, 0) is 30.3 Å². The Morgan fingerprint density at radius 3 is 2.19 bits per heavy atom. The number of amides is 3. The first kappa shape index (κ1) is 20.0. The highest BCUT2D eigenvalue weighted by Crippen LogP contribution is 2.21. The van der Waals surface area contributed by atoms with Crippen molar-refractivity contribution in [1.29, 1.82) is 0 Å². The predicted molar refractivity (Wildman–Crippen MR) is 98.4 cm³/mol. The lowest BCUT2D eigenvalue weighted by atomic mass is 10.2. The van der Waals surface area contributed by atoms with Crippen molar-refractivity contribution in [3.63, 3.8) is 0 Å². The number of anilines is 3. The van der Waals surface area contributed by atoms with Crippen LogP contribution in [0.15, 0.2) is 42.5 Å². The molecular formula is C19H19F2N3O3. The fraction of sp³-hybridized carbons (Fsp3) is 0.211. The third kappa shape index (κ3) is 5.60. The average Bonchev–Trinajstić information content (AvgIpc) is 2.58. The molecule has 0 saturated carbocycles. The van der Waals surface area contributed by atoms with Crippen LogP contribution in [0.1, 0.15) is 20.3 Å². The van der Waals surface area contributed by atoms with Crippen molar-refractivity contribution >= 4 is 34.8 Å². The van der Waals surface area contributed by atoms with E-state index in [1.54, 1.807) is 24.3 Å². The molecule has 0 saturated heterocycles. The molecule has 0 heterocycles. The zero-order valence-electron chi connectivity index (χ0n) is 14.9. The second kappa shape index (κ2) is 8.88. The van der Waals surface area contributed by atoms with Gasteiger partial charge in [0.25, 0.3) is 0 Å². The van der Waals surface area contributed by atoms with Gasteiger partial charge < -0.3 is 15.5 Å². The van der Waals surface area contributed by atoms with Gasteiger partial charge in [-0.3, -0.25) is 14.4 Å². The van der Waals surface area contributed by atoms with Crippen LogP contribution in [0.25, 0.3) is 0 Å². The molecular weight excluding hydrogens is 356 g/mol. The second-order valence-electron chi connectivity index (χ2n) is 5.80. The van der Waals surface area contributed by atoms with Gasteiger partial charge in [0.2, 0.25) is 17.7 Å². The van der Waals surface area contributed by atoms with Crippen molar-refractivity contribution in [3.8, 4) is 0 Å². The molecule has 0 unspecified atom stereocenters. The predicted octanol–water partition coefficient (Wildman–Crippen LogP) is 3.30. The zero-order valence-corrected chi connectivity index (χ0v) is 14.9. The van der Waals surface area contributed by atoms with Crippen LogP contribution in [0.4, 0.5) is 25.8 Å². The number of benzene rings is 2. The molecule has 3 amide bonds. The van der Waals surface area contributed by atoms with Crippen molar-refractivity contribution in [2.45, 2.75) is 20.3 Å². The molecule has 0 bridgehead atoms. The van der Waals surface area contributed by atoms with Gasteiger partial charge in [0.15, 0.2) is 0 Å². The third-order valence-electron chi connectivity index (χ3n) is 3.65. The third-order valence-corrected chi connectivity index (χ3v) is 3.65. The van der Waals surface area contributed by atoms with E-state index in [-0.39, 0.29) is 24.8 Å². The Kier molecular flexibility index (Phi) is 6.59. The molecule has 0 atom stereocenters. The molecule has 0 aliphatic carbocycles. The summed E-state index contributed by atoms with van der Waals surface area (Å²) in [7, 11) is 0. The maximum absolute atomic E-state index is 13.6. The Bertz CT molecular complexity index is 851. The number of nitrogens with one attached hydrogen (secondary N) is 2. The van der Waals surface area contributed by atoms with Crippen LogP contribution < -0.4 is 15.5 Å². The first-order valence-corrected chi connectivity index (χ1v) is 8.17. The van der Waals surface area contributed by atoms with E-state index in [1.807, 2.05) is 0 Å². The molecule has 0 fully saturated rings. The Morgan fingerprint density at radius 2 is 1.59 bits per heavy atom. The van der Waals surface area contributed by atoms with Gasteiger partial charge >= 0.3 is 0 Å². The van der Waals surface area contributed by atoms with Gasteiger partial charge in [-0.15, -0.1) is 0 Å². The van der Waals surface area contributed by atoms with Gasteiger partial charge in [0, 0.05) is 38.2 Å². The summed E-state index contributed by atoms with van der Waals surface area (Å²) >= 11 is 0. The summed E-state index contributed by atoms with van der Waals surface area (Å²) in [5.41, 5.74) is 0.465. The topological polar surface area (TPSA) is 78.5 Å². The largest absolute Gasteiger partial charge is 0.326 e. The van der Waals surface area contributed by atoms with E-state index in [1.165, 1.54) is 24.8 Å². The summed E-state index contributed by atoms with van der Waals surface area (Å²) in [6.07, 6.45) is -0.169. The molecule has 142 valence electrons. The number of hydrogen-bond donors (Lipinski definition) is 2. The first-order valence-electron chi connectivity index (χ1n) is 8.17. The van der Waals surface area contributed by atoms with Gasteiger partial charge in [0.1, 0.15) is 17.3 Å². The van der Waals surface area contributed by atoms with Crippen LogP contribution in [0.2, 0.25) is 0 Å². The summed E-state index contributed by atoms with van der Waals surface area (Å²) in [5, 5.41) is 4.79. The van der Waals surface area contributed by atoms with Crippen LogP contribution in [-0.2, 0) is 14.4 Å². The summed E-state index contributed by atoms with van der Waals surface area (Å²) in [4.78, 5) is 36.5. The number of hydrogen-bond acceptors (Lipinski definition) is 3. The second-order valence-corrected chi connectivity index (χ2v) is 5.80. The summed E-state index contributed by atoms with van der Waals surface area (Å²) in [5.74, 6) is -2.97. The average molecular weight is 375 g/mol. The molecule has 2 N–H and O–H groups in total. The smallest absolute Gasteiger partial charge is 0.226 e. The Labute approximate surface area is 155 Å². The molecule has 2 aromatic carbocycles. The highest BCUT2D eigenvalue weighted by Gasteiger charge is 2.16. The van der Waals surface area contributed by atoms with E-state index in [9.17, 15) is 23.2 Å². The minimum Gasteiger partial charge on any atom is -0.326 e. The van der Waals surface area contributed by atoms with Gasteiger partial charge in [-0.2, -0.15) is 0 Å². The normalized spacial score (nSPS) is 10.2. The maximum Gasteiger partial charge on any atom is 0.226 e. The van der Waals surface area contributed by atoms with Gasteiger partial charge in [-0.25, -0.2) is 8.78 Å². The SMILES string of the molecule is CC(=O)Nc1cccc(N(CCC(=O)Nc2c(F)cccc2F)C(C)=O)c1. The molecule has 0 aromatic heterocycles. The van der Waals surface area contributed by atoms with Crippen molar-refractivity contribution in [2.75, 3.05) is 22.1 Å². The van der Waals surface area contributed by atoms with E-state index < -0.39 is 23.2 Å². The van der Waals surface area contributed by atoms with E-state index in [2.05, 4.69) is 10.6 Å². The van der Waals surface area contributed by atoms with Crippen molar-refractivity contribution < 1.29 is 23.2 Å². The Balaban J connectivity index is 2.07. The van der Waals surface area contributed by atoms with E-state index >= 15 is 0 Å². The molecule has 0 aliphatic heterocycles. The minimum absolute atomic E-state index is 0.000757. The van der Waals surface area contributed by atoms with Gasteiger partial charge in [0.05, 0.1) is 0 Å². The summed E-state index contributed by atoms with van der Waals surface area (Å²) in [6.45, 7) is 2.70. The lowest BCUT2D eigenvalue weighted by molar-refractivity contribution is -0.117. The number of halogens is 2. The van der Waals surface area contributed by atoms with E-state index in [4.69, 9.17) is 0 Å². The maximum atomic E-state index is 13.6. The van der Waals surface area contributed by atoms with E-state index in [0.29, 0.717) is 11.4 Å². The van der Waals surface area contributed by atoms with Crippen LogP contribution in [0, 0.1) is 11.6 Å². The number of para-hydroxylation sites is 1. The number of carbonyl (C=O) groups is 3. The highest BCUT2D eigenvalue weighted by atomic mass is 19.1. The monoisotopic (exact) mass is 375 g/mol. The standard InChI is InChI=1S/C19H19F2N3O3/c1-12(25)22-14-5-3-6-15(11-14)24(13(2)26)10-9-18(27)23-19-16(20)7-4-8-17(19)21/h3-8,11H,9-10H2,1-2H3,(H,22,25)(H,23,27).